The lowest BCUT2D eigenvalue weighted by Gasteiger charge is -2.59. The van der Waals surface area contributed by atoms with Crippen LogP contribution in [-0.2, 0) is 41.4 Å². The first-order valence-electron chi connectivity index (χ1n) is 15.3. The van der Waals surface area contributed by atoms with Crippen LogP contribution in [0.1, 0.15) is 44.7 Å². The summed E-state index contributed by atoms with van der Waals surface area (Å²) in [6.45, 7) is 10.0. The summed E-state index contributed by atoms with van der Waals surface area (Å²) in [6, 6.07) is 16.2. The Morgan fingerprint density at radius 3 is 2.50 bits per heavy atom. The van der Waals surface area contributed by atoms with Crippen molar-refractivity contribution < 1.29 is 38.7 Å². The number of esters is 1. The lowest BCUT2D eigenvalue weighted by Crippen LogP contribution is -2.70. The molecule has 5 aliphatic rings. The van der Waals surface area contributed by atoms with Crippen LogP contribution in [0.2, 0.25) is 0 Å². The third kappa shape index (κ3) is 4.19. The molecule has 2 aromatic rings. The van der Waals surface area contributed by atoms with E-state index in [0.29, 0.717) is 29.6 Å². The van der Waals surface area contributed by atoms with Crippen LogP contribution in [-0.4, -0.2) is 57.5 Å². The van der Waals surface area contributed by atoms with Gasteiger partial charge in [-0.1, -0.05) is 68.1 Å². The normalized spacial score (nSPS) is 38.3. The molecule has 3 aliphatic carbocycles. The molecular weight excluding hydrogens is 560 g/mol. The zero-order chi connectivity index (χ0) is 31.1. The fraction of sp³-hybridized carbons (Fsp3) is 0.444. The molecule has 8 heteroatoms. The number of phenols is 1. The molecule has 2 heterocycles. The van der Waals surface area contributed by atoms with Crippen molar-refractivity contribution in [3.63, 3.8) is 0 Å². The van der Waals surface area contributed by atoms with Crippen LogP contribution in [0.5, 0.6) is 5.75 Å². The first kappa shape index (κ1) is 29.2. The van der Waals surface area contributed by atoms with Gasteiger partial charge in [-0.3, -0.25) is 9.59 Å². The van der Waals surface area contributed by atoms with Gasteiger partial charge in [-0.05, 0) is 66.2 Å². The summed E-state index contributed by atoms with van der Waals surface area (Å²) < 4.78 is 26.5. The Labute approximate surface area is 257 Å². The van der Waals surface area contributed by atoms with Crippen molar-refractivity contribution in [2.24, 2.45) is 17.8 Å². The summed E-state index contributed by atoms with van der Waals surface area (Å²) in [5.74, 6) is -3.37. The maximum absolute atomic E-state index is 13.7. The van der Waals surface area contributed by atoms with Gasteiger partial charge in [-0.2, -0.15) is 0 Å². The number of aromatic hydroxyl groups is 1. The molecule has 3 fully saturated rings. The van der Waals surface area contributed by atoms with Gasteiger partial charge in [0.05, 0.1) is 18.4 Å². The topological polar surface area (TPSA) is 112 Å². The monoisotopic (exact) mass is 598 g/mol. The van der Waals surface area contributed by atoms with Crippen molar-refractivity contribution in [3.8, 4) is 5.75 Å². The largest absolute Gasteiger partial charge is 0.508 e. The summed E-state index contributed by atoms with van der Waals surface area (Å²) in [7, 11) is 0. The number of hydrogen-bond acceptors (Lipinski definition) is 8. The Morgan fingerprint density at radius 2 is 1.80 bits per heavy atom. The highest BCUT2D eigenvalue weighted by Crippen LogP contribution is 2.68. The number of carbonyl (C=O) groups is 2. The average Bonchev–Trinajstić information content (AvgIpc) is 3.29. The highest BCUT2D eigenvalue weighted by Gasteiger charge is 2.79. The Bertz CT molecular complexity index is 1590. The van der Waals surface area contributed by atoms with E-state index in [-0.39, 0.29) is 36.9 Å². The van der Waals surface area contributed by atoms with Crippen LogP contribution in [0.3, 0.4) is 0 Å². The van der Waals surface area contributed by atoms with Crippen molar-refractivity contribution in [1.29, 1.82) is 0 Å². The molecule has 44 heavy (non-hydrogen) atoms. The van der Waals surface area contributed by atoms with Gasteiger partial charge < -0.3 is 29.2 Å². The smallest absolute Gasteiger partial charge is 0.310 e. The molecule has 3 bridgehead atoms. The second kappa shape index (κ2) is 9.97. The number of benzene rings is 2. The molecule has 2 aliphatic heterocycles. The zero-order valence-electron chi connectivity index (χ0n) is 25.2. The lowest BCUT2D eigenvalue weighted by atomic mass is 9.55. The van der Waals surface area contributed by atoms with Gasteiger partial charge in [0.2, 0.25) is 0 Å². The van der Waals surface area contributed by atoms with E-state index < -0.39 is 46.7 Å². The van der Waals surface area contributed by atoms with Crippen LogP contribution in [0.25, 0.3) is 0 Å². The number of hydrogen-bond donors (Lipinski definition) is 2. The number of phenolic OH excluding ortho intramolecular Hbond substituents is 1. The number of ketones is 1. The van der Waals surface area contributed by atoms with E-state index in [1.807, 2.05) is 49.4 Å². The summed E-state index contributed by atoms with van der Waals surface area (Å²) >= 11 is 0. The molecule has 230 valence electrons. The van der Waals surface area contributed by atoms with E-state index >= 15 is 0 Å². The molecule has 8 atom stereocenters. The van der Waals surface area contributed by atoms with Crippen molar-refractivity contribution in [2.45, 2.75) is 75.3 Å². The minimum atomic E-state index is -1.78. The van der Waals surface area contributed by atoms with Gasteiger partial charge in [0, 0.05) is 18.3 Å². The fourth-order valence-electron chi connectivity index (χ4n) is 8.49. The maximum atomic E-state index is 13.7. The fourth-order valence-corrected chi connectivity index (χ4v) is 8.49. The molecule has 2 aromatic carbocycles. The first-order valence-corrected chi connectivity index (χ1v) is 15.3. The molecule has 0 aromatic heterocycles. The van der Waals surface area contributed by atoms with Crippen molar-refractivity contribution >= 4 is 11.8 Å². The maximum Gasteiger partial charge on any atom is 0.310 e. The van der Waals surface area contributed by atoms with Gasteiger partial charge in [0.15, 0.2) is 5.78 Å². The molecule has 2 N–H and O–H groups in total. The third-order valence-corrected chi connectivity index (χ3v) is 10.4. The molecule has 0 amide bonds. The van der Waals surface area contributed by atoms with Crippen LogP contribution in [0.15, 0.2) is 90.0 Å². The summed E-state index contributed by atoms with van der Waals surface area (Å²) in [6.07, 6.45) is 4.28. The van der Waals surface area contributed by atoms with Gasteiger partial charge in [-0.15, -0.1) is 0 Å². The van der Waals surface area contributed by atoms with Crippen molar-refractivity contribution in [2.75, 3.05) is 6.61 Å². The minimum Gasteiger partial charge on any atom is -0.508 e. The molecule has 1 saturated carbocycles. The molecule has 8 nitrogen and oxygen atoms in total. The van der Waals surface area contributed by atoms with Gasteiger partial charge in [0.1, 0.15) is 29.7 Å². The van der Waals surface area contributed by atoms with E-state index in [1.165, 1.54) is 12.1 Å². The number of aliphatic hydroxyl groups is 1. The summed E-state index contributed by atoms with van der Waals surface area (Å²) in [5.41, 5.74) is -0.0509. The number of Topliss-reactive ketones (excluding diaryl/α,β-unsaturated/α-hetero) is 1. The quantitative estimate of drug-likeness (QED) is 0.348. The number of ether oxygens (including phenoxy) is 4. The SMILES string of the molecule is C=C(C)[C@]12C[C@@H](C)[C@@]34OC(Cc5ccccc5)(O[C@@H]1[C@@H]3C=C(COC(=O)Cc1ccc(O)cc1)C[C@]1(O)C(=O)C(C)=C[C@@H]41)O2. The van der Waals surface area contributed by atoms with Crippen LogP contribution < -0.4 is 0 Å². The van der Waals surface area contributed by atoms with Gasteiger partial charge in [-0.25, -0.2) is 0 Å². The van der Waals surface area contributed by atoms with Gasteiger partial charge in [0.25, 0.3) is 5.97 Å². The molecule has 2 saturated heterocycles. The molecule has 0 spiro atoms. The highest BCUT2D eigenvalue weighted by atomic mass is 16.9. The summed E-state index contributed by atoms with van der Waals surface area (Å²) in [5, 5.41) is 21.9. The standard InChI is InChI=1S/C36H38O8/c1-21(2)34-17-23(4)36-28(32(34)42-35(43-34,44-36)19-25-8-6-5-7-9-25)15-26(18-33(40)29(36)14-22(3)31(33)39)20-41-30(38)16-24-10-12-27(37)13-11-24/h5-15,23,28-29,32,37,40H,1,16-20H2,2-4H3/t23-,28+,29-,32-,33-,34-,35?,36-/m1/s1. The highest BCUT2D eigenvalue weighted by molar-refractivity contribution is 6.04. The number of rotatable bonds is 7. The molecular formula is C36H38O8. The van der Waals surface area contributed by atoms with Crippen LogP contribution >= 0.6 is 0 Å². The van der Waals surface area contributed by atoms with Crippen molar-refractivity contribution in [1.82, 2.24) is 0 Å². The second-order valence-corrected chi connectivity index (χ2v) is 13.3. The third-order valence-electron chi connectivity index (χ3n) is 10.4. The van der Waals surface area contributed by atoms with E-state index in [9.17, 15) is 19.8 Å². The van der Waals surface area contributed by atoms with Crippen molar-refractivity contribution in [3.05, 3.63) is 101 Å². The molecule has 7 rings (SSSR count). The van der Waals surface area contributed by atoms with E-state index in [0.717, 1.165) is 11.1 Å². The van der Waals surface area contributed by atoms with Crippen LogP contribution in [0, 0.1) is 17.8 Å². The van der Waals surface area contributed by atoms with Crippen LogP contribution in [0.4, 0.5) is 0 Å². The van der Waals surface area contributed by atoms with Gasteiger partial charge >= 0.3 is 5.97 Å². The Morgan fingerprint density at radius 1 is 1.07 bits per heavy atom. The minimum absolute atomic E-state index is 0.00446. The molecule has 0 radical (unpaired) electrons. The number of carbonyl (C=O) groups excluding carboxylic acids is 2. The average molecular weight is 599 g/mol. The zero-order valence-corrected chi connectivity index (χ0v) is 25.2. The molecule has 1 unspecified atom stereocenters. The number of fused-ring (bicyclic) bond motifs is 2. The Hall–Kier alpha value is -3.56. The van der Waals surface area contributed by atoms with E-state index in [2.05, 4.69) is 13.5 Å². The Kier molecular flexibility index (Phi) is 6.61. The first-order chi connectivity index (χ1) is 20.9. The summed E-state index contributed by atoms with van der Waals surface area (Å²) in [4.78, 5) is 26.6. The van der Waals surface area contributed by atoms with E-state index in [1.54, 1.807) is 19.1 Å². The Balaban J connectivity index is 1.29. The lowest BCUT2D eigenvalue weighted by molar-refractivity contribution is -0.421. The van der Waals surface area contributed by atoms with E-state index in [4.69, 9.17) is 18.9 Å². The second-order valence-electron chi connectivity index (χ2n) is 13.3. The predicted molar refractivity (Wildman–Crippen MR) is 160 cm³/mol. The predicted octanol–water partition coefficient (Wildman–Crippen LogP) is 4.74.